The fourth-order valence-electron chi connectivity index (χ4n) is 5.18. The first-order chi connectivity index (χ1) is 18.1. The summed E-state index contributed by atoms with van der Waals surface area (Å²) in [6.45, 7) is 2.71. The Morgan fingerprint density at radius 2 is 1.83 bits per heavy atom. The van der Waals surface area contributed by atoms with E-state index in [1.54, 1.807) is 35.2 Å². The van der Waals surface area contributed by atoms with Gasteiger partial charge in [0.05, 0.1) is 12.2 Å². The number of hydrogen-bond donors (Lipinski definition) is 2. The molecule has 2 aromatic rings. The van der Waals surface area contributed by atoms with Gasteiger partial charge in [0.25, 0.3) is 5.91 Å². The van der Waals surface area contributed by atoms with Crippen LogP contribution in [0.1, 0.15) is 56.5 Å². The van der Waals surface area contributed by atoms with E-state index in [1.807, 2.05) is 13.8 Å². The molecule has 9 heteroatoms. The van der Waals surface area contributed by atoms with Crippen molar-refractivity contribution >= 4 is 23.4 Å². The van der Waals surface area contributed by atoms with E-state index in [0.29, 0.717) is 35.5 Å². The van der Waals surface area contributed by atoms with Crippen LogP contribution in [0.5, 0.6) is 0 Å². The van der Waals surface area contributed by atoms with Crippen molar-refractivity contribution in [1.29, 1.82) is 0 Å². The molecule has 2 fully saturated rings. The number of ether oxygens (including phenoxy) is 1. The summed E-state index contributed by atoms with van der Waals surface area (Å²) in [4.78, 5) is 40.0. The highest BCUT2D eigenvalue weighted by Crippen LogP contribution is 2.32. The summed E-state index contributed by atoms with van der Waals surface area (Å²) in [5.41, 5.74) is 2.06. The molecule has 2 N–H and O–H groups in total. The van der Waals surface area contributed by atoms with Crippen LogP contribution in [0.25, 0.3) is 0 Å². The molecule has 2 aromatic carbocycles. The first-order valence-corrected chi connectivity index (χ1v) is 12.2. The highest BCUT2D eigenvalue weighted by molar-refractivity contribution is 6.06. The largest absolute Gasteiger partial charge is 0.381 e. The maximum absolute atomic E-state index is 15.7. The van der Waals surface area contributed by atoms with Gasteiger partial charge in [-0.05, 0) is 32.4 Å². The number of nitrogens with one attached hydrogen (secondary N) is 2. The van der Waals surface area contributed by atoms with E-state index in [0.717, 1.165) is 0 Å². The van der Waals surface area contributed by atoms with Gasteiger partial charge in [-0.3, -0.25) is 24.6 Å². The van der Waals surface area contributed by atoms with E-state index in [9.17, 15) is 14.4 Å². The predicted molar refractivity (Wildman–Crippen MR) is 131 cm³/mol. The molecule has 0 saturated carbocycles. The minimum atomic E-state index is -2.02. The van der Waals surface area contributed by atoms with Gasteiger partial charge in [-0.15, -0.1) is 0 Å². The molecule has 5 rings (SSSR count). The highest BCUT2D eigenvalue weighted by Gasteiger charge is 2.39. The van der Waals surface area contributed by atoms with Crippen LogP contribution in [-0.4, -0.2) is 58.9 Å². The number of carbonyl (C=O) groups excluding carboxylic acids is 3. The van der Waals surface area contributed by atoms with Gasteiger partial charge < -0.3 is 15.0 Å². The highest BCUT2D eigenvalue weighted by atomic mass is 19.1. The normalized spacial score (nSPS) is 25.8. The van der Waals surface area contributed by atoms with E-state index in [-0.39, 0.29) is 55.5 Å². The van der Waals surface area contributed by atoms with Gasteiger partial charge >= 0.3 is 0 Å². The first-order valence-electron chi connectivity index (χ1n) is 13.2. The van der Waals surface area contributed by atoms with Crippen molar-refractivity contribution in [1.82, 2.24) is 15.1 Å². The molecule has 0 spiro atoms. The third-order valence-corrected chi connectivity index (χ3v) is 6.83. The Balaban J connectivity index is 1.34. The van der Waals surface area contributed by atoms with Gasteiger partial charge in [0.15, 0.2) is 0 Å². The SMILES string of the molecule is [2H]C([2H])(c1cccc(CNc2cccc3c2CN(C2CCC(=O)NC2=O)C3=O)c1F)N1CC(C)OC(C)C1. The molecule has 0 aliphatic carbocycles. The van der Waals surface area contributed by atoms with Crippen LogP contribution in [-0.2, 0) is 33.9 Å². The number of nitrogens with zero attached hydrogens (tertiary/aromatic N) is 2. The number of morpholine rings is 1. The first kappa shape index (κ1) is 21.9. The van der Waals surface area contributed by atoms with Crippen LogP contribution >= 0.6 is 0 Å². The van der Waals surface area contributed by atoms with Crippen molar-refractivity contribution in [3.63, 3.8) is 0 Å². The summed E-state index contributed by atoms with van der Waals surface area (Å²) in [5.74, 6) is -1.72. The number of imide groups is 1. The van der Waals surface area contributed by atoms with Crippen LogP contribution < -0.4 is 10.6 Å². The predicted octanol–water partition coefficient (Wildman–Crippen LogP) is 2.81. The molecule has 2 saturated heterocycles. The summed E-state index contributed by atoms with van der Waals surface area (Å²) < 4.78 is 38.8. The van der Waals surface area contributed by atoms with Gasteiger partial charge in [0.1, 0.15) is 11.9 Å². The lowest BCUT2D eigenvalue weighted by Crippen LogP contribution is -2.52. The second-order valence-corrected chi connectivity index (χ2v) is 9.64. The van der Waals surface area contributed by atoms with Gasteiger partial charge in [0.2, 0.25) is 11.8 Å². The van der Waals surface area contributed by atoms with Crippen molar-refractivity contribution in [3.05, 3.63) is 64.5 Å². The van der Waals surface area contributed by atoms with Crippen molar-refractivity contribution in [3.8, 4) is 0 Å². The second-order valence-electron chi connectivity index (χ2n) is 9.64. The van der Waals surface area contributed by atoms with Crippen LogP contribution in [0.4, 0.5) is 10.1 Å². The van der Waals surface area contributed by atoms with E-state index < -0.39 is 24.3 Å². The van der Waals surface area contributed by atoms with Crippen molar-refractivity contribution in [2.75, 3.05) is 18.4 Å². The summed E-state index contributed by atoms with van der Waals surface area (Å²) in [7, 11) is 0. The molecular formula is C27H31FN4O4. The number of rotatable bonds is 6. The maximum Gasteiger partial charge on any atom is 0.255 e. The second kappa shape index (κ2) is 9.99. The lowest BCUT2D eigenvalue weighted by molar-refractivity contribution is -0.136. The van der Waals surface area contributed by atoms with E-state index in [1.165, 1.54) is 11.0 Å². The Hall–Kier alpha value is -3.30. The van der Waals surface area contributed by atoms with Crippen molar-refractivity contribution < 1.29 is 26.3 Å². The van der Waals surface area contributed by atoms with E-state index in [4.69, 9.17) is 7.48 Å². The van der Waals surface area contributed by atoms with Gasteiger partial charge in [-0.25, -0.2) is 4.39 Å². The molecule has 0 bridgehead atoms. The van der Waals surface area contributed by atoms with Gasteiger partial charge in [-0.1, -0.05) is 24.3 Å². The molecule has 3 unspecified atom stereocenters. The van der Waals surface area contributed by atoms with Crippen LogP contribution in [0.15, 0.2) is 36.4 Å². The van der Waals surface area contributed by atoms with E-state index in [2.05, 4.69) is 10.6 Å². The third kappa shape index (κ3) is 4.85. The zero-order chi connectivity index (χ0) is 27.2. The molecular weight excluding hydrogens is 463 g/mol. The average molecular weight is 497 g/mol. The van der Waals surface area contributed by atoms with Crippen LogP contribution in [0.2, 0.25) is 0 Å². The molecule has 3 amide bonds. The molecule has 3 aliphatic rings. The van der Waals surface area contributed by atoms with Crippen molar-refractivity contribution in [2.24, 2.45) is 0 Å². The number of carbonyl (C=O) groups is 3. The summed E-state index contributed by atoms with van der Waals surface area (Å²) in [5, 5.41) is 5.50. The fraction of sp³-hybridized carbons (Fsp3) is 0.444. The minimum Gasteiger partial charge on any atom is -0.381 e. The fourth-order valence-corrected chi connectivity index (χ4v) is 5.18. The molecule has 36 heavy (non-hydrogen) atoms. The lowest BCUT2D eigenvalue weighted by Gasteiger charge is -2.35. The summed E-state index contributed by atoms with van der Waals surface area (Å²) in [6, 6.07) is 9.20. The number of hydrogen-bond acceptors (Lipinski definition) is 6. The molecule has 3 heterocycles. The number of benzene rings is 2. The molecule has 8 nitrogen and oxygen atoms in total. The topological polar surface area (TPSA) is 91.0 Å². The van der Waals surface area contributed by atoms with E-state index >= 15 is 4.39 Å². The quantitative estimate of drug-likeness (QED) is 0.598. The standard InChI is InChI=1S/C27H31FN4O4/c1-16-12-31(13-17(2)36-16)14-19-6-3-5-18(25(19)28)11-29-22-8-4-7-20-21(22)15-32(27(20)35)23-9-10-24(33)30-26(23)34/h3-8,16-17,23,29H,9-15H2,1-2H3,(H,30,33,34)/i14D2. The Kier molecular flexibility index (Phi) is 6.09. The zero-order valence-corrected chi connectivity index (χ0v) is 20.3. The van der Waals surface area contributed by atoms with Gasteiger partial charge in [0, 0.05) is 69.8 Å². The molecule has 0 radical (unpaired) electrons. The summed E-state index contributed by atoms with van der Waals surface area (Å²) >= 11 is 0. The third-order valence-electron chi connectivity index (χ3n) is 6.83. The Bertz CT molecular complexity index is 1280. The molecule has 190 valence electrons. The molecule has 3 atom stereocenters. The average Bonchev–Trinajstić information content (AvgIpc) is 3.19. The molecule has 3 aliphatic heterocycles. The Morgan fingerprint density at radius 3 is 2.58 bits per heavy atom. The van der Waals surface area contributed by atoms with Crippen LogP contribution in [0.3, 0.4) is 0 Å². The summed E-state index contributed by atoms with van der Waals surface area (Å²) in [6.07, 6.45) is 0.120. The number of piperidine rings is 1. The maximum atomic E-state index is 15.7. The number of fused-ring (bicyclic) bond motifs is 1. The Labute approximate surface area is 212 Å². The minimum absolute atomic E-state index is 0.0319. The van der Waals surface area contributed by atoms with Crippen LogP contribution in [0, 0.1) is 5.82 Å². The Morgan fingerprint density at radius 1 is 1.11 bits per heavy atom. The zero-order valence-electron chi connectivity index (χ0n) is 22.3. The molecule has 0 aromatic heterocycles. The number of halogens is 1. The lowest BCUT2D eigenvalue weighted by atomic mass is 10.0. The monoisotopic (exact) mass is 496 g/mol. The van der Waals surface area contributed by atoms with Crippen molar-refractivity contribution in [2.45, 2.75) is 64.5 Å². The van der Waals surface area contributed by atoms with Gasteiger partial charge in [-0.2, -0.15) is 0 Å². The number of amides is 3. The smallest absolute Gasteiger partial charge is 0.255 e. The number of anilines is 1.